The molecule has 2 rings (SSSR count). The van der Waals surface area contributed by atoms with Crippen molar-refractivity contribution in [2.24, 2.45) is 5.92 Å². The highest BCUT2D eigenvalue weighted by Crippen LogP contribution is 2.19. The smallest absolute Gasteiger partial charge is 0.233 e. The Hall–Kier alpha value is -1.16. The molecule has 0 spiro atoms. The molecule has 0 aliphatic carbocycles. The number of piperidine rings is 1. The molecule has 118 valence electrons. The van der Waals surface area contributed by atoms with Crippen molar-refractivity contribution < 1.29 is 4.74 Å². The molecular formula is C17H29N3O. The van der Waals surface area contributed by atoms with Gasteiger partial charge in [0, 0.05) is 19.2 Å². The summed E-state index contributed by atoms with van der Waals surface area (Å²) in [7, 11) is 0. The van der Waals surface area contributed by atoms with Crippen molar-refractivity contribution in [1.29, 1.82) is 0 Å². The lowest BCUT2D eigenvalue weighted by Crippen LogP contribution is -2.34. The highest BCUT2D eigenvalue weighted by molar-refractivity contribution is 5.10. The molecule has 0 amide bonds. The predicted octanol–water partition coefficient (Wildman–Crippen LogP) is 3.32. The fourth-order valence-corrected chi connectivity index (χ4v) is 2.47. The first kappa shape index (κ1) is 16.2. The number of hydrogen-bond acceptors (Lipinski definition) is 4. The van der Waals surface area contributed by atoms with Crippen LogP contribution in [0.4, 0.5) is 0 Å². The van der Waals surface area contributed by atoms with E-state index in [1.54, 1.807) is 6.20 Å². The highest BCUT2D eigenvalue weighted by Gasteiger charge is 2.18. The Kier molecular flexibility index (Phi) is 5.57. The highest BCUT2D eigenvalue weighted by atomic mass is 16.5. The average Bonchev–Trinajstić information content (AvgIpc) is 2.47. The van der Waals surface area contributed by atoms with Gasteiger partial charge in [-0.3, -0.25) is 4.98 Å². The van der Waals surface area contributed by atoms with Crippen LogP contribution in [0.2, 0.25) is 0 Å². The lowest BCUT2D eigenvalue weighted by molar-refractivity contribution is 0.0980. The molecule has 0 atom stereocenters. The van der Waals surface area contributed by atoms with Crippen LogP contribution >= 0.6 is 0 Å². The Morgan fingerprint density at radius 2 is 2.00 bits per heavy atom. The summed E-state index contributed by atoms with van der Waals surface area (Å²) in [4.78, 5) is 11.4. The third kappa shape index (κ3) is 5.27. The molecule has 0 aromatic carbocycles. The molecule has 0 unspecified atom stereocenters. The van der Waals surface area contributed by atoms with Crippen molar-refractivity contribution >= 4 is 0 Å². The van der Waals surface area contributed by atoms with E-state index in [1.165, 1.54) is 25.9 Å². The fourth-order valence-electron chi connectivity index (χ4n) is 2.47. The summed E-state index contributed by atoms with van der Waals surface area (Å²) in [5, 5.41) is 0. The quantitative estimate of drug-likeness (QED) is 0.806. The molecule has 1 aromatic heterocycles. The summed E-state index contributed by atoms with van der Waals surface area (Å²) in [6.45, 7) is 12.1. The Morgan fingerprint density at radius 1 is 1.29 bits per heavy atom. The van der Waals surface area contributed by atoms with Crippen molar-refractivity contribution in [3.05, 3.63) is 18.1 Å². The van der Waals surface area contributed by atoms with Crippen LogP contribution in [0.1, 0.15) is 52.7 Å². The van der Waals surface area contributed by atoms with Gasteiger partial charge in [-0.05, 0) is 52.1 Å². The third-order valence-corrected chi connectivity index (χ3v) is 4.46. The van der Waals surface area contributed by atoms with Gasteiger partial charge in [-0.1, -0.05) is 13.8 Å². The van der Waals surface area contributed by atoms with E-state index >= 15 is 0 Å². The number of rotatable bonds is 6. The zero-order valence-corrected chi connectivity index (χ0v) is 13.9. The minimum Gasteiger partial charge on any atom is -0.471 e. The molecule has 1 aliphatic rings. The Balaban J connectivity index is 1.86. The van der Waals surface area contributed by atoms with Crippen molar-refractivity contribution in [2.75, 3.05) is 19.6 Å². The van der Waals surface area contributed by atoms with Crippen molar-refractivity contribution in [1.82, 2.24) is 14.9 Å². The van der Waals surface area contributed by atoms with Gasteiger partial charge in [0.05, 0.1) is 11.9 Å². The van der Waals surface area contributed by atoms with Crippen LogP contribution in [0.25, 0.3) is 0 Å². The second-order valence-corrected chi connectivity index (χ2v) is 6.84. The van der Waals surface area contributed by atoms with Gasteiger partial charge >= 0.3 is 0 Å². The first-order valence-electron chi connectivity index (χ1n) is 8.21. The second-order valence-electron chi connectivity index (χ2n) is 6.84. The largest absolute Gasteiger partial charge is 0.471 e. The molecule has 1 aliphatic heterocycles. The van der Waals surface area contributed by atoms with Gasteiger partial charge in [0.2, 0.25) is 5.88 Å². The molecule has 0 radical (unpaired) electrons. The van der Waals surface area contributed by atoms with Crippen LogP contribution in [0, 0.1) is 5.92 Å². The number of hydrogen-bond donors (Lipinski definition) is 0. The van der Waals surface area contributed by atoms with Crippen LogP contribution in [0.3, 0.4) is 0 Å². The van der Waals surface area contributed by atoms with Crippen molar-refractivity contribution in [2.45, 2.75) is 59.0 Å². The molecule has 0 bridgehead atoms. The van der Waals surface area contributed by atoms with Crippen LogP contribution in [0.5, 0.6) is 5.88 Å². The summed E-state index contributed by atoms with van der Waals surface area (Å²) >= 11 is 0. The molecule has 1 aromatic rings. The van der Waals surface area contributed by atoms with Gasteiger partial charge in [-0.2, -0.15) is 0 Å². The first-order chi connectivity index (χ1) is 9.98. The monoisotopic (exact) mass is 291 g/mol. The van der Waals surface area contributed by atoms with Gasteiger partial charge in [-0.15, -0.1) is 0 Å². The molecular weight excluding hydrogens is 262 g/mol. The second kappa shape index (κ2) is 7.21. The first-order valence-corrected chi connectivity index (χ1v) is 8.21. The van der Waals surface area contributed by atoms with E-state index in [1.807, 2.05) is 6.20 Å². The normalized spacial score (nSPS) is 17.9. The maximum Gasteiger partial charge on any atom is 0.233 e. The standard InChI is InChI=1S/C17H29N3O/c1-5-17(3,4)21-16-13-18-12-15(19-16)8-11-20-9-6-14(2)7-10-20/h12-14H,5-11H2,1-4H3. The van der Waals surface area contributed by atoms with Gasteiger partial charge in [0.15, 0.2) is 0 Å². The number of nitrogens with zero attached hydrogens (tertiary/aromatic N) is 3. The lowest BCUT2D eigenvalue weighted by atomic mass is 9.99. The topological polar surface area (TPSA) is 38.2 Å². The Morgan fingerprint density at radius 3 is 2.67 bits per heavy atom. The molecule has 4 nitrogen and oxygen atoms in total. The molecule has 1 saturated heterocycles. The van der Waals surface area contributed by atoms with Crippen LogP contribution in [-0.4, -0.2) is 40.1 Å². The summed E-state index contributed by atoms with van der Waals surface area (Å²) in [5.74, 6) is 1.53. The molecule has 0 N–H and O–H groups in total. The summed E-state index contributed by atoms with van der Waals surface area (Å²) in [6.07, 6.45) is 8.11. The van der Waals surface area contributed by atoms with Crippen molar-refractivity contribution in [3.63, 3.8) is 0 Å². The minimum atomic E-state index is -0.184. The third-order valence-electron chi connectivity index (χ3n) is 4.46. The van der Waals surface area contributed by atoms with E-state index in [2.05, 4.69) is 42.6 Å². The molecule has 2 heterocycles. The van der Waals surface area contributed by atoms with E-state index in [9.17, 15) is 0 Å². The SMILES string of the molecule is CCC(C)(C)Oc1cncc(CCN2CCC(C)CC2)n1. The van der Waals surface area contributed by atoms with Crippen LogP contribution < -0.4 is 4.74 Å². The van der Waals surface area contributed by atoms with Crippen molar-refractivity contribution in [3.8, 4) is 5.88 Å². The molecule has 21 heavy (non-hydrogen) atoms. The fraction of sp³-hybridized carbons (Fsp3) is 0.765. The zero-order valence-electron chi connectivity index (χ0n) is 13.9. The molecule has 0 saturated carbocycles. The van der Waals surface area contributed by atoms with Crippen LogP contribution in [0.15, 0.2) is 12.4 Å². The van der Waals surface area contributed by atoms with Gasteiger partial charge in [-0.25, -0.2) is 4.98 Å². The molecule has 1 fully saturated rings. The number of likely N-dealkylation sites (tertiary alicyclic amines) is 1. The van der Waals surface area contributed by atoms with E-state index in [0.717, 1.165) is 31.0 Å². The maximum absolute atomic E-state index is 5.91. The number of aromatic nitrogens is 2. The van der Waals surface area contributed by atoms with Crippen LogP contribution in [-0.2, 0) is 6.42 Å². The van der Waals surface area contributed by atoms with Gasteiger partial charge in [0.25, 0.3) is 0 Å². The average molecular weight is 291 g/mol. The summed E-state index contributed by atoms with van der Waals surface area (Å²) < 4.78 is 5.91. The number of ether oxygens (including phenoxy) is 1. The van der Waals surface area contributed by atoms with E-state index in [4.69, 9.17) is 4.74 Å². The van der Waals surface area contributed by atoms with E-state index in [0.29, 0.717) is 5.88 Å². The van der Waals surface area contributed by atoms with E-state index < -0.39 is 0 Å². The molecule has 4 heteroatoms. The Labute approximate surface area is 128 Å². The summed E-state index contributed by atoms with van der Waals surface area (Å²) in [6, 6.07) is 0. The maximum atomic E-state index is 5.91. The van der Waals surface area contributed by atoms with Gasteiger partial charge < -0.3 is 9.64 Å². The van der Waals surface area contributed by atoms with E-state index in [-0.39, 0.29) is 5.60 Å². The lowest BCUT2D eigenvalue weighted by Gasteiger charge is -2.30. The summed E-state index contributed by atoms with van der Waals surface area (Å²) in [5.41, 5.74) is 0.842. The van der Waals surface area contributed by atoms with Gasteiger partial charge in [0.1, 0.15) is 5.60 Å². The minimum absolute atomic E-state index is 0.184. The predicted molar refractivity (Wildman–Crippen MR) is 85.6 cm³/mol. The Bertz CT molecular complexity index is 439. The zero-order chi connectivity index (χ0) is 15.3.